The molecule has 0 aliphatic rings. The molecule has 0 fully saturated rings. The smallest absolute Gasteiger partial charge is 0.211 e. The molecule has 1 rings (SSSR count). The van der Waals surface area contributed by atoms with E-state index in [0.717, 1.165) is 0 Å². The first-order valence-corrected chi connectivity index (χ1v) is 2.88. The highest BCUT2D eigenvalue weighted by Crippen LogP contribution is 2.17. The summed E-state index contributed by atoms with van der Waals surface area (Å²) in [5.41, 5.74) is 0.780. The van der Waals surface area contributed by atoms with Gasteiger partial charge in [0.1, 0.15) is 5.69 Å². The van der Waals surface area contributed by atoms with Crippen LogP contribution >= 0.6 is 0 Å². The molecule has 0 radical (unpaired) electrons. The molecule has 0 aliphatic heterocycles. The molecule has 1 aromatic rings. The lowest BCUT2D eigenvalue weighted by Gasteiger charge is -1.88. The van der Waals surface area contributed by atoms with Gasteiger partial charge < -0.3 is 0 Å². The number of hydrogen-bond donors (Lipinski definition) is 0. The molecule has 0 amide bonds. The second kappa shape index (κ2) is 3.39. The first-order valence-electron chi connectivity index (χ1n) is 2.88. The van der Waals surface area contributed by atoms with Gasteiger partial charge in [0, 0.05) is 0 Å². The Morgan fingerprint density at radius 2 is 1.64 bits per heavy atom. The largest absolute Gasteiger partial charge is 0.240 e. The van der Waals surface area contributed by atoms with E-state index in [4.69, 9.17) is 0 Å². The fourth-order valence-corrected chi connectivity index (χ4v) is 0.641. The highest BCUT2D eigenvalue weighted by atomic mass is 16.3. The zero-order valence-corrected chi connectivity index (χ0v) is 5.52. The van der Waals surface area contributed by atoms with Gasteiger partial charge in [-0.05, 0) is 29.4 Å². The number of hydrogen-bond acceptors (Lipinski definition) is 4. The van der Waals surface area contributed by atoms with Gasteiger partial charge >= 0.3 is 0 Å². The minimum Gasteiger partial charge on any atom is -0.211 e. The third-order valence-corrected chi connectivity index (χ3v) is 1.13. The minimum atomic E-state index is 0.315. The molecule has 0 saturated carbocycles. The molecule has 4 nitrogen and oxygen atoms in total. The standard InChI is InChI=1S/C7H4N2O2/c10-5-8-6-1-3-7(9-11)4-2-6/h1-4H. The molecule has 0 spiro atoms. The fourth-order valence-electron chi connectivity index (χ4n) is 0.641. The summed E-state index contributed by atoms with van der Waals surface area (Å²) in [4.78, 5) is 23.0. The van der Waals surface area contributed by atoms with Gasteiger partial charge in [-0.3, -0.25) is 0 Å². The van der Waals surface area contributed by atoms with Crippen molar-refractivity contribution >= 4 is 17.5 Å². The molecule has 0 bridgehead atoms. The van der Waals surface area contributed by atoms with E-state index in [-0.39, 0.29) is 0 Å². The third-order valence-electron chi connectivity index (χ3n) is 1.13. The molecular formula is C7H4N2O2. The van der Waals surface area contributed by atoms with Gasteiger partial charge in [0.15, 0.2) is 0 Å². The van der Waals surface area contributed by atoms with Crippen LogP contribution in [0.15, 0.2) is 34.4 Å². The van der Waals surface area contributed by atoms with Gasteiger partial charge in [0.2, 0.25) is 6.08 Å². The second-order valence-electron chi connectivity index (χ2n) is 1.81. The monoisotopic (exact) mass is 148 g/mol. The Hall–Kier alpha value is -1.80. The molecule has 0 atom stereocenters. The van der Waals surface area contributed by atoms with Crippen LogP contribution in [-0.2, 0) is 4.79 Å². The molecule has 4 heteroatoms. The lowest BCUT2D eigenvalue weighted by atomic mass is 10.3. The number of benzene rings is 1. The number of aliphatic imine (C=N–C) groups is 1. The summed E-state index contributed by atoms with van der Waals surface area (Å²) >= 11 is 0. The van der Waals surface area contributed by atoms with Crippen LogP contribution in [0.5, 0.6) is 0 Å². The van der Waals surface area contributed by atoms with E-state index in [1.807, 2.05) is 0 Å². The maximum absolute atomic E-state index is 9.92. The normalized spacial score (nSPS) is 8.36. The predicted octanol–water partition coefficient (Wildman–Crippen LogP) is 2.05. The summed E-state index contributed by atoms with van der Waals surface area (Å²) in [6.07, 6.45) is 1.39. The van der Waals surface area contributed by atoms with Gasteiger partial charge in [-0.1, -0.05) is 0 Å². The molecule has 0 aliphatic carbocycles. The van der Waals surface area contributed by atoms with Crippen LogP contribution in [0.25, 0.3) is 0 Å². The Kier molecular flexibility index (Phi) is 2.25. The van der Waals surface area contributed by atoms with Crippen LogP contribution in [0.4, 0.5) is 11.4 Å². The van der Waals surface area contributed by atoms with E-state index in [2.05, 4.69) is 10.2 Å². The van der Waals surface area contributed by atoms with Crippen molar-refractivity contribution < 1.29 is 4.79 Å². The van der Waals surface area contributed by atoms with Crippen molar-refractivity contribution in [2.45, 2.75) is 0 Å². The lowest BCUT2D eigenvalue weighted by Crippen LogP contribution is -1.63. The Labute approximate surface area is 62.5 Å². The van der Waals surface area contributed by atoms with Crippen molar-refractivity contribution in [2.75, 3.05) is 0 Å². The summed E-state index contributed by atoms with van der Waals surface area (Å²) in [6.45, 7) is 0. The van der Waals surface area contributed by atoms with Crippen LogP contribution in [0.3, 0.4) is 0 Å². The highest BCUT2D eigenvalue weighted by molar-refractivity contribution is 5.52. The number of nitrogens with zero attached hydrogens (tertiary/aromatic N) is 2. The summed E-state index contributed by atoms with van der Waals surface area (Å²) in [5.74, 6) is 0. The van der Waals surface area contributed by atoms with E-state index in [0.29, 0.717) is 11.4 Å². The molecular weight excluding hydrogens is 144 g/mol. The summed E-state index contributed by atoms with van der Waals surface area (Å²) in [5, 5.41) is 2.68. The van der Waals surface area contributed by atoms with Gasteiger partial charge in [-0.2, -0.15) is 4.99 Å². The molecule has 0 heterocycles. The Morgan fingerprint density at radius 1 is 1.09 bits per heavy atom. The van der Waals surface area contributed by atoms with Crippen LogP contribution < -0.4 is 0 Å². The zero-order valence-electron chi connectivity index (χ0n) is 5.52. The summed E-state index contributed by atoms with van der Waals surface area (Å²) in [6, 6.07) is 5.98. The van der Waals surface area contributed by atoms with Crippen LogP contribution in [0, 0.1) is 4.91 Å². The molecule has 0 unspecified atom stereocenters. The molecule has 0 N–H and O–H groups in total. The zero-order chi connectivity index (χ0) is 8.10. The van der Waals surface area contributed by atoms with Crippen molar-refractivity contribution in [3.8, 4) is 0 Å². The maximum atomic E-state index is 9.92. The SMILES string of the molecule is O=C=Nc1ccc(N=O)cc1. The quantitative estimate of drug-likeness (QED) is 0.366. The first kappa shape index (κ1) is 7.31. The minimum absolute atomic E-state index is 0.315. The van der Waals surface area contributed by atoms with Gasteiger partial charge in [-0.15, -0.1) is 4.91 Å². The average Bonchev–Trinajstić information content (AvgIpc) is 2.07. The Bertz CT molecular complexity index is 299. The predicted molar refractivity (Wildman–Crippen MR) is 39.7 cm³/mol. The van der Waals surface area contributed by atoms with Crippen molar-refractivity contribution in [1.29, 1.82) is 0 Å². The second-order valence-corrected chi connectivity index (χ2v) is 1.81. The summed E-state index contributed by atoms with van der Waals surface area (Å²) in [7, 11) is 0. The number of nitroso groups, excluding NO2 is 1. The molecule has 54 valence electrons. The Morgan fingerprint density at radius 3 is 2.09 bits per heavy atom. The third kappa shape index (κ3) is 1.81. The van der Waals surface area contributed by atoms with E-state index in [1.165, 1.54) is 30.3 Å². The average molecular weight is 148 g/mol. The van der Waals surface area contributed by atoms with Gasteiger partial charge in [0.05, 0.1) is 5.69 Å². The highest BCUT2D eigenvalue weighted by Gasteiger charge is 1.90. The van der Waals surface area contributed by atoms with E-state index in [1.54, 1.807) is 0 Å². The van der Waals surface area contributed by atoms with Crippen molar-refractivity contribution in [3.05, 3.63) is 29.2 Å². The van der Waals surface area contributed by atoms with Crippen molar-refractivity contribution in [1.82, 2.24) is 0 Å². The van der Waals surface area contributed by atoms with E-state index in [9.17, 15) is 9.70 Å². The first-order chi connectivity index (χ1) is 5.36. The molecule has 11 heavy (non-hydrogen) atoms. The van der Waals surface area contributed by atoms with Crippen molar-refractivity contribution in [2.24, 2.45) is 10.2 Å². The molecule has 1 aromatic carbocycles. The van der Waals surface area contributed by atoms with Crippen LogP contribution in [0.1, 0.15) is 0 Å². The Balaban J connectivity index is 2.99. The maximum Gasteiger partial charge on any atom is 0.240 e. The molecule has 0 aromatic heterocycles. The van der Waals surface area contributed by atoms with E-state index < -0.39 is 0 Å². The fraction of sp³-hybridized carbons (Fsp3) is 0. The lowest BCUT2D eigenvalue weighted by molar-refractivity contribution is 0.565. The van der Waals surface area contributed by atoms with Gasteiger partial charge in [0.25, 0.3) is 0 Å². The number of isocyanates is 1. The van der Waals surface area contributed by atoms with Gasteiger partial charge in [-0.25, -0.2) is 4.79 Å². The topological polar surface area (TPSA) is 58.9 Å². The van der Waals surface area contributed by atoms with Crippen molar-refractivity contribution in [3.63, 3.8) is 0 Å². The number of rotatable bonds is 2. The van der Waals surface area contributed by atoms with Crippen LogP contribution in [-0.4, -0.2) is 6.08 Å². The molecule has 0 saturated heterocycles. The van der Waals surface area contributed by atoms with Crippen LogP contribution in [0.2, 0.25) is 0 Å². The van der Waals surface area contributed by atoms with E-state index >= 15 is 0 Å². The number of carbonyl (C=O) groups excluding carboxylic acids is 1. The summed E-state index contributed by atoms with van der Waals surface area (Å²) < 4.78 is 0.